The van der Waals surface area contributed by atoms with E-state index in [4.69, 9.17) is 0 Å². The lowest BCUT2D eigenvalue weighted by molar-refractivity contribution is 0.304. The molecule has 1 aromatic rings. The van der Waals surface area contributed by atoms with Crippen LogP contribution in [0.1, 0.15) is 45.7 Å². The predicted molar refractivity (Wildman–Crippen MR) is 66.8 cm³/mol. The summed E-state index contributed by atoms with van der Waals surface area (Å²) >= 11 is 0. The Hall–Kier alpha value is -0.960. The molecule has 0 spiro atoms. The Morgan fingerprint density at radius 3 is 2.12 bits per heavy atom. The van der Waals surface area contributed by atoms with Gasteiger partial charge in [-0.2, -0.15) is 0 Å². The summed E-state index contributed by atoms with van der Waals surface area (Å²) in [5, 5.41) is 3.16. The Morgan fingerprint density at radius 1 is 1.18 bits per heavy atom. The van der Waals surface area contributed by atoms with E-state index >= 15 is 0 Å². The maximum absolute atomic E-state index is 13.7. The molecule has 96 valence electrons. The van der Waals surface area contributed by atoms with Crippen molar-refractivity contribution in [1.82, 2.24) is 5.32 Å². The van der Waals surface area contributed by atoms with E-state index < -0.39 is 11.6 Å². The molecule has 3 heteroatoms. The van der Waals surface area contributed by atoms with Crippen LogP contribution in [0.15, 0.2) is 18.2 Å². The first-order valence-electron chi connectivity index (χ1n) is 6.02. The van der Waals surface area contributed by atoms with Crippen LogP contribution in [-0.4, -0.2) is 6.54 Å². The minimum absolute atomic E-state index is 0.0154. The van der Waals surface area contributed by atoms with Crippen LogP contribution in [0.2, 0.25) is 0 Å². The minimum Gasteiger partial charge on any atom is -0.310 e. The van der Waals surface area contributed by atoms with E-state index in [1.54, 1.807) is 0 Å². The SMILES string of the molecule is CCNC(CC(C)(C)C)c1c(F)cccc1F. The summed E-state index contributed by atoms with van der Waals surface area (Å²) in [5.74, 6) is -0.944. The topological polar surface area (TPSA) is 12.0 Å². The molecule has 1 atom stereocenters. The molecule has 1 unspecified atom stereocenters. The average molecular weight is 241 g/mol. The molecule has 1 nitrogen and oxygen atoms in total. The molecule has 0 fully saturated rings. The molecule has 0 aliphatic carbocycles. The third-order valence-corrected chi connectivity index (χ3v) is 2.62. The van der Waals surface area contributed by atoms with Gasteiger partial charge in [-0.05, 0) is 30.5 Å². The Morgan fingerprint density at radius 2 is 1.71 bits per heavy atom. The highest BCUT2D eigenvalue weighted by atomic mass is 19.1. The molecule has 17 heavy (non-hydrogen) atoms. The highest BCUT2D eigenvalue weighted by Gasteiger charge is 2.24. The molecule has 0 aliphatic rings. The summed E-state index contributed by atoms with van der Waals surface area (Å²) < 4.78 is 27.4. The fourth-order valence-corrected chi connectivity index (χ4v) is 1.98. The van der Waals surface area contributed by atoms with Gasteiger partial charge in [0.15, 0.2) is 0 Å². The van der Waals surface area contributed by atoms with Crippen molar-refractivity contribution >= 4 is 0 Å². The molecule has 0 heterocycles. The zero-order valence-electron chi connectivity index (χ0n) is 11.0. The number of benzene rings is 1. The summed E-state index contributed by atoms with van der Waals surface area (Å²) in [6, 6.07) is 3.74. The van der Waals surface area contributed by atoms with Crippen molar-refractivity contribution in [2.75, 3.05) is 6.54 Å². The molecule has 0 aromatic heterocycles. The van der Waals surface area contributed by atoms with Crippen molar-refractivity contribution in [2.24, 2.45) is 5.41 Å². The highest BCUT2D eigenvalue weighted by molar-refractivity contribution is 5.23. The van der Waals surface area contributed by atoms with Crippen LogP contribution in [0.4, 0.5) is 8.78 Å². The molecule has 0 radical (unpaired) electrons. The van der Waals surface area contributed by atoms with Gasteiger partial charge in [0, 0.05) is 11.6 Å². The number of hydrogen-bond acceptors (Lipinski definition) is 1. The fourth-order valence-electron chi connectivity index (χ4n) is 1.98. The molecule has 0 saturated carbocycles. The highest BCUT2D eigenvalue weighted by Crippen LogP contribution is 2.31. The van der Waals surface area contributed by atoms with E-state index in [0.29, 0.717) is 13.0 Å². The van der Waals surface area contributed by atoms with Gasteiger partial charge in [0.25, 0.3) is 0 Å². The van der Waals surface area contributed by atoms with E-state index in [0.717, 1.165) is 0 Å². The summed E-state index contributed by atoms with van der Waals surface area (Å²) in [6.45, 7) is 8.82. The van der Waals surface area contributed by atoms with E-state index in [2.05, 4.69) is 26.1 Å². The lowest BCUT2D eigenvalue weighted by Crippen LogP contribution is -2.27. The Balaban J connectivity index is 3.05. The Kier molecular flexibility index (Phi) is 4.63. The first-order chi connectivity index (χ1) is 7.85. The third-order valence-electron chi connectivity index (χ3n) is 2.62. The van der Waals surface area contributed by atoms with Crippen LogP contribution < -0.4 is 5.32 Å². The molecule has 1 N–H and O–H groups in total. The van der Waals surface area contributed by atoms with Gasteiger partial charge >= 0.3 is 0 Å². The van der Waals surface area contributed by atoms with E-state index in [1.165, 1.54) is 18.2 Å². The first kappa shape index (κ1) is 14.1. The Bertz CT molecular complexity index is 349. The van der Waals surface area contributed by atoms with Crippen molar-refractivity contribution < 1.29 is 8.78 Å². The van der Waals surface area contributed by atoms with E-state index in [-0.39, 0.29) is 17.0 Å². The molecule has 1 aromatic carbocycles. The second kappa shape index (κ2) is 5.58. The van der Waals surface area contributed by atoms with Gasteiger partial charge in [-0.1, -0.05) is 33.8 Å². The second-order valence-corrected chi connectivity index (χ2v) is 5.51. The molecule has 0 saturated heterocycles. The Labute approximate surface area is 102 Å². The van der Waals surface area contributed by atoms with Gasteiger partial charge in [-0.15, -0.1) is 0 Å². The number of nitrogens with one attached hydrogen (secondary N) is 1. The van der Waals surface area contributed by atoms with Crippen molar-refractivity contribution in [3.05, 3.63) is 35.4 Å². The van der Waals surface area contributed by atoms with Crippen molar-refractivity contribution in [1.29, 1.82) is 0 Å². The van der Waals surface area contributed by atoms with Gasteiger partial charge < -0.3 is 5.32 Å². The van der Waals surface area contributed by atoms with Gasteiger partial charge in [-0.25, -0.2) is 8.78 Å². The monoisotopic (exact) mass is 241 g/mol. The van der Waals surface area contributed by atoms with Crippen molar-refractivity contribution in [3.8, 4) is 0 Å². The maximum Gasteiger partial charge on any atom is 0.130 e. The second-order valence-electron chi connectivity index (χ2n) is 5.51. The summed E-state index contributed by atoms with van der Waals surface area (Å²) in [6.07, 6.45) is 0.693. The van der Waals surface area contributed by atoms with Crippen LogP contribution in [0, 0.1) is 17.0 Å². The fraction of sp³-hybridized carbons (Fsp3) is 0.571. The van der Waals surface area contributed by atoms with E-state index in [9.17, 15) is 8.78 Å². The normalized spacial score (nSPS) is 13.8. The molecule has 0 aliphatic heterocycles. The largest absolute Gasteiger partial charge is 0.310 e. The van der Waals surface area contributed by atoms with Gasteiger partial charge in [0.1, 0.15) is 11.6 Å². The molecule has 0 bridgehead atoms. The first-order valence-corrected chi connectivity index (χ1v) is 6.02. The van der Waals surface area contributed by atoms with Gasteiger partial charge in [0.2, 0.25) is 0 Å². The average Bonchev–Trinajstić information content (AvgIpc) is 2.15. The molecular weight excluding hydrogens is 220 g/mol. The van der Waals surface area contributed by atoms with E-state index in [1.807, 2.05) is 6.92 Å². The number of rotatable bonds is 4. The lowest BCUT2D eigenvalue weighted by Gasteiger charge is -2.27. The third kappa shape index (κ3) is 4.08. The number of hydrogen-bond donors (Lipinski definition) is 1. The summed E-state index contributed by atoms with van der Waals surface area (Å²) in [4.78, 5) is 0. The summed E-state index contributed by atoms with van der Waals surface area (Å²) in [7, 11) is 0. The zero-order valence-corrected chi connectivity index (χ0v) is 11.0. The maximum atomic E-state index is 13.7. The minimum atomic E-state index is -0.472. The molecule has 1 rings (SSSR count). The zero-order chi connectivity index (χ0) is 13.1. The van der Waals surface area contributed by atoms with Crippen LogP contribution in [0.5, 0.6) is 0 Å². The smallest absolute Gasteiger partial charge is 0.130 e. The molecule has 0 amide bonds. The van der Waals surface area contributed by atoms with Crippen LogP contribution in [0.25, 0.3) is 0 Å². The van der Waals surface area contributed by atoms with Gasteiger partial charge in [-0.3, -0.25) is 0 Å². The van der Waals surface area contributed by atoms with Crippen molar-refractivity contribution in [3.63, 3.8) is 0 Å². The van der Waals surface area contributed by atoms with Crippen LogP contribution >= 0.6 is 0 Å². The lowest BCUT2D eigenvalue weighted by atomic mass is 9.85. The van der Waals surface area contributed by atoms with Crippen LogP contribution in [-0.2, 0) is 0 Å². The standard InChI is InChI=1S/C14H21F2N/c1-5-17-12(9-14(2,3)4)13-10(15)7-6-8-11(13)16/h6-8,12,17H,5,9H2,1-4H3. The van der Waals surface area contributed by atoms with Crippen LogP contribution in [0.3, 0.4) is 0 Å². The number of halogens is 2. The molecular formula is C14H21F2N. The predicted octanol–water partition coefficient (Wildman–Crippen LogP) is 4.05. The summed E-state index contributed by atoms with van der Waals surface area (Å²) in [5.41, 5.74) is 0.172. The van der Waals surface area contributed by atoms with Gasteiger partial charge in [0.05, 0.1) is 0 Å². The quantitative estimate of drug-likeness (QED) is 0.838. The van der Waals surface area contributed by atoms with Crippen molar-refractivity contribution in [2.45, 2.75) is 40.2 Å².